The maximum absolute atomic E-state index is 12.4. The molecule has 1 unspecified atom stereocenters. The van der Waals surface area contributed by atoms with Crippen LogP contribution in [0.5, 0.6) is 0 Å². The Kier molecular flexibility index (Phi) is 5.93. The highest BCUT2D eigenvalue weighted by Gasteiger charge is 2.46. The summed E-state index contributed by atoms with van der Waals surface area (Å²) in [6, 6.07) is -1.06. The van der Waals surface area contributed by atoms with Crippen LogP contribution in [0.2, 0.25) is 0 Å². The minimum Gasteiger partial charge on any atom is -0.444 e. The first-order chi connectivity index (χ1) is 12.0. The molecule has 3 amide bonds. The number of hydroxylamine groups is 2. The zero-order valence-corrected chi connectivity index (χ0v) is 15.9. The molecule has 146 valence electrons. The van der Waals surface area contributed by atoms with Gasteiger partial charge in [-0.3, -0.25) is 9.59 Å². The highest BCUT2D eigenvalue weighted by Crippen LogP contribution is 2.45. The van der Waals surface area contributed by atoms with Gasteiger partial charge in [-0.25, -0.2) is 9.59 Å². The number of alkyl carbamates (subject to hydrolysis) is 1. The Morgan fingerprint density at radius 1 is 1.08 bits per heavy atom. The maximum Gasteiger partial charge on any atom is 0.408 e. The second-order valence-electron chi connectivity index (χ2n) is 8.27. The molecule has 0 bridgehead atoms. The number of amides is 3. The van der Waals surface area contributed by atoms with E-state index in [1.54, 1.807) is 20.8 Å². The number of imide groups is 1. The Bertz CT molecular complexity index is 569. The van der Waals surface area contributed by atoms with Crippen molar-refractivity contribution in [2.45, 2.75) is 84.3 Å². The molecule has 26 heavy (non-hydrogen) atoms. The number of piperidine rings is 1. The van der Waals surface area contributed by atoms with Crippen LogP contribution in [0.3, 0.4) is 0 Å². The van der Waals surface area contributed by atoms with Gasteiger partial charge in [0.2, 0.25) is 0 Å². The molecule has 1 aliphatic heterocycles. The van der Waals surface area contributed by atoms with Crippen molar-refractivity contribution in [1.82, 2.24) is 10.4 Å². The van der Waals surface area contributed by atoms with Gasteiger partial charge < -0.3 is 14.9 Å². The van der Waals surface area contributed by atoms with Gasteiger partial charge in [0.25, 0.3) is 11.8 Å². The molecule has 8 nitrogen and oxygen atoms in total. The smallest absolute Gasteiger partial charge is 0.408 e. The second-order valence-corrected chi connectivity index (χ2v) is 8.27. The number of carbonyl (C=O) groups is 4. The Hall–Kier alpha value is -2.12. The Balaban J connectivity index is 1.91. The van der Waals surface area contributed by atoms with E-state index in [4.69, 9.17) is 9.57 Å². The molecular formula is C18H28N2O6. The molecule has 1 N–H and O–H groups in total. The number of ether oxygens (including phenoxy) is 1. The van der Waals surface area contributed by atoms with Crippen molar-refractivity contribution in [2.75, 3.05) is 0 Å². The average Bonchev–Trinajstić information content (AvgIpc) is 2.49. The van der Waals surface area contributed by atoms with Crippen LogP contribution in [0.15, 0.2) is 0 Å². The van der Waals surface area contributed by atoms with Crippen LogP contribution in [0.4, 0.5) is 4.79 Å². The van der Waals surface area contributed by atoms with E-state index >= 15 is 0 Å². The summed E-state index contributed by atoms with van der Waals surface area (Å²) in [7, 11) is 0. The van der Waals surface area contributed by atoms with E-state index in [1.165, 1.54) is 6.92 Å². The summed E-state index contributed by atoms with van der Waals surface area (Å²) in [5, 5.41) is 2.88. The van der Waals surface area contributed by atoms with Crippen LogP contribution in [-0.4, -0.2) is 40.6 Å². The zero-order chi connectivity index (χ0) is 19.5. The molecule has 0 radical (unpaired) electrons. The number of nitrogens with zero attached hydrogens (tertiary/aromatic N) is 1. The van der Waals surface area contributed by atoms with Gasteiger partial charge in [-0.1, -0.05) is 19.3 Å². The van der Waals surface area contributed by atoms with Gasteiger partial charge in [-0.2, -0.15) is 0 Å². The van der Waals surface area contributed by atoms with Crippen LogP contribution in [-0.2, 0) is 24.0 Å². The van der Waals surface area contributed by atoms with Crippen molar-refractivity contribution in [1.29, 1.82) is 0 Å². The first-order valence-corrected chi connectivity index (χ1v) is 9.08. The largest absolute Gasteiger partial charge is 0.444 e. The SMILES string of the molecule is CC(NC(=O)OC(C)(C)C)C(=O)ON1C(=O)CC2(CCCCC2)CC1=O. The fourth-order valence-electron chi connectivity index (χ4n) is 3.46. The Morgan fingerprint density at radius 2 is 1.62 bits per heavy atom. The lowest BCUT2D eigenvalue weighted by Crippen LogP contribution is -2.51. The van der Waals surface area contributed by atoms with Crippen molar-refractivity contribution >= 4 is 23.9 Å². The molecule has 1 spiro atoms. The monoisotopic (exact) mass is 368 g/mol. The van der Waals surface area contributed by atoms with E-state index in [0.717, 1.165) is 32.1 Å². The first kappa shape index (κ1) is 20.2. The van der Waals surface area contributed by atoms with Crippen LogP contribution >= 0.6 is 0 Å². The summed E-state index contributed by atoms with van der Waals surface area (Å²) >= 11 is 0. The maximum atomic E-state index is 12.4. The quantitative estimate of drug-likeness (QED) is 0.768. The molecule has 1 atom stereocenters. The molecule has 2 aliphatic rings. The van der Waals surface area contributed by atoms with Crippen LogP contribution < -0.4 is 5.32 Å². The van der Waals surface area contributed by atoms with Gasteiger partial charge >= 0.3 is 12.1 Å². The summed E-state index contributed by atoms with van der Waals surface area (Å²) in [5.41, 5.74) is -0.990. The first-order valence-electron chi connectivity index (χ1n) is 9.08. The summed E-state index contributed by atoms with van der Waals surface area (Å²) in [6.07, 6.45) is 4.48. The van der Waals surface area contributed by atoms with Crippen LogP contribution in [0, 0.1) is 5.41 Å². The normalized spacial score (nSPS) is 21.3. The molecule has 1 saturated heterocycles. The lowest BCUT2D eigenvalue weighted by atomic mass is 9.68. The van der Waals surface area contributed by atoms with E-state index < -0.39 is 35.5 Å². The number of hydrogen-bond donors (Lipinski definition) is 1. The average molecular weight is 368 g/mol. The minimum atomic E-state index is -1.06. The van der Waals surface area contributed by atoms with E-state index in [9.17, 15) is 19.2 Å². The molecule has 8 heteroatoms. The number of nitrogens with one attached hydrogen (secondary N) is 1. The highest BCUT2D eigenvalue weighted by atomic mass is 16.7. The molecule has 0 aromatic carbocycles. The summed E-state index contributed by atoms with van der Waals surface area (Å²) in [6.45, 7) is 6.49. The molecular weight excluding hydrogens is 340 g/mol. The molecule has 0 aromatic rings. The number of rotatable bonds is 3. The fourth-order valence-corrected chi connectivity index (χ4v) is 3.46. The molecule has 0 aromatic heterocycles. The molecule has 2 rings (SSSR count). The Labute approximate surface area is 153 Å². The van der Waals surface area contributed by atoms with Gasteiger partial charge in [0.15, 0.2) is 0 Å². The lowest BCUT2D eigenvalue weighted by Gasteiger charge is -2.41. The standard InChI is InChI=1S/C18H28N2O6/c1-12(19-16(24)25-17(2,3)4)15(23)26-20-13(21)10-18(11-14(20)22)8-6-5-7-9-18/h12H,5-11H2,1-4H3,(H,19,24). The van der Waals surface area contributed by atoms with E-state index in [0.29, 0.717) is 5.06 Å². The van der Waals surface area contributed by atoms with Crippen molar-refractivity contribution in [3.05, 3.63) is 0 Å². The molecule has 1 heterocycles. The molecule has 2 fully saturated rings. The zero-order valence-electron chi connectivity index (χ0n) is 15.9. The third-order valence-corrected chi connectivity index (χ3v) is 4.69. The highest BCUT2D eigenvalue weighted by molar-refractivity contribution is 5.98. The molecule has 1 aliphatic carbocycles. The van der Waals surface area contributed by atoms with Gasteiger partial charge in [0.1, 0.15) is 11.6 Å². The summed E-state index contributed by atoms with van der Waals surface area (Å²) in [5.74, 6) is -1.89. The van der Waals surface area contributed by atoms with Crippen LogP contribution in [0.1, 0.15) is 72.6 Å². The Morgan fingerprint density at radius 3 is 2.12 bits per heavy atom. The summed E-state index contributed by atoms with van der Waals surface area (Å²) in [4.78, 5) is 53.5. The topological polar surface area (TPSA) is 102 Å². The van der Waals surface area contributed by atoms with Gasteiger partial charge in [-0.05, 0) is 46.0 Å². The van der Waals surface area contributed by atoms with Crippen molar-refractivity contribution in [2.24, 2.45) is 5.41 Å². The summed E-state index contributed by atoms with van der Waals surface area (Å²) < 4.78 is 5.06. The third kappa shape index (κ3) is 5.19. The second kappa shape index (κ2) is 7.63. The van der Waals surface area contributed by atoms with Crippen molar-refractivity contribution < 1.29 is 28.8 Å². The predicted molar refractivity (Wildman–Crippen MR) is 91.5 cm³/mol. The van der Waals surface area contributed by atoms with Gasteiger partial charge in [0, 0.05) is 12.8 Å². The van der Waals surface area contributed by atoms with E-state index in [-0.39, 0.29) is 18.3 Å². The predicted octanol–water partition coefficient (Wildman–Crippen LogP) is 2.46. The molecule has 1 saturated carbocycles. The number of hydrogen-bond acceptors (Lipinski definition) is 6. The lowest BCUT2D eigenvalue weighted by molar-refractivity contribution is -0.211. The van der Waals surface area contributed by atoms with E-state index in [1.807, 2.05) is 0 Å². The van der Waals surface area contributed by atoms with Gasteiger partial charge in [-0.15, -0.1) is 5.06 Å². The fraction of sp³-hybridized carbons (Fsp3) is 0.778. The minimum absolute atomic E-state index is 0.208. The third-order valence-electron chi connectivity index (χ3n) is 4.69. The van der Waals surface area contributed by atoms with E-state index in [2.05, 4.69) is 5.32 Å². The van der Waals surface area contributed by atoms with Crippen LogP contribution in [0.25, 0.3) is 0 Å². The van der Waals surface area contributed by atoms with Crippen molar-refractivity contribution in [3.8, 4) is 0 Å². The van der Waals surface area contributed by atoms with Crippen molar-refractivity contribution in [3.63, 3.8) is 0 Å². The van der Waals surface area contributed by atoms with Gasteiger partial charge in [0.05, 0.1) is 0 Å². The number of carbonyl (C=O) groups excluding carboxylic acids is 4.